The first kappa shape index (κ1) is 19.2. The van der Waals surface area contributed by atoms with Crippen molar-refractivity contribution in [3.8, 4) is 17.2 Å². The highest BCUT2D eigenvalue weighted by atomic mass is 16.5. The van der Waals surface area contributed by atoms with E-state index < -0.39 is 5.97 Å². The average molecular weight is 398 g/mol. The van der Waals surface area contributed by atoms with Gasteiger partial charge in [-0.25, -0.2) is 4.79 Å². The Morgan fingerprint density at radius 1 is 0.900 bits per heavy atom. The molecule has 0 radical (unpaired) electrons. The Kier molecular flexibility index (Phi) is 5.44. The minimum atomic E-state index is -0.518. The molecule has 0 amide bonds. The molecule has 0 N–H and O–H groups in total. The highest BCUT2D eigenvalue weighted by Crippen LogP contribution is 2.35. The van der Waals surface area contributed by atoms with Gasteiger partial charge in [-0.2, -0.15) is 0 Å². The average Bonchev–Trinajstić information content (AvgIpc) is 3.07. The topological polar surface area (TPSA) is 61.8 Å². The summed E-state index contributed by atoms with van der Waals surface area (Å²) in [4.78, 5) is 24.7. The quantitative estimate of drug-likeness (QED) is 0.346. The van der Waals surface area contributed by atoms with Crippen LogP contribution in [-0.4, -0.2) is 18.9 Å². The summed E-state index contributed by atoms with van der Waals surface area (Å²) in [6, 6.07) is 21.4. The predicted octanol–water partition coefficient (Wildman–Crippen LogP) is 4.93. The molecule has 0 aromatic heterocycles. The molecule has 0 fully saturated rings. The fourth-order valence-electron chi connectivity index (χ4n) is 2.99. The van der Waals surface area contributed by atoms with E-state index in [-0.39, 0.29) is 11.5 Å². The van der Waals surface area contributed by atoms with Crippen molar-refractivity contribution in [2.45, 2.75) is 0 Å². The Bertz CT molecular complexity index is 1160. The van der Waals surface area contributed by atoms with Gasteiger partial charge in [-0.3, -0.25) is 4.79 Å². The van der Waals surface area contributed by atoms with Crippen molar-refractivity contribution in [1.82, 2.24) is 0 Å². The van der Waals surface area contributed by atoms with Gasteiger partial charge in [0.25, 0.3) is 0 Å². The van der Waals surface area contributed by atoms with Crippen LogP contribution < -0.4 is 14.2 Å². The van der Waals surface area contributed by atoms with E-state index in [4.69, 9.17) is 14.2 Å². The second-order valence-corrected chi connectivity index (χ2v) is 6.54. The smallest absolute Gasteiger partial charge is 0.336 e. The Hall–Kier alpha value is -4.12. The van der Waals surface area contributed by atoms with Gasteiger partial charge in [-0.15, -0.1) is 0 Å². The zero-order valence-corrected chi connectivity index (χ0v) is 16.2. The highest BCUT2D eigenvalue weighted by molar-refractivity contribution is 6.14. The number of esters is 1. The zero-order valence-electron chi connectivity index (χ0n) is 16.2. The summed E-state index contributed by atoms with van der Waals surface area (Å²) < 4.78 is 16.2. The van der Waals surface area contributed by atoms with Crippen LogP contribution in [0.4, 0.5) is 0 Å². The summed E-state index contributed by atoms with van der Waals surface area (Å²) in [5, 5.41) is 0. The number of allylic oxidation sites excluding steroid dienone is 1. The lowest BCUT2D eigenvalue weighted by molar-refractivity contribution is -0.128. The summed E-state index contributed by atoms with van der Waals surface area (Å²) in [7, 11) is 1.58. The maximum Gasteiger partial charge on any atom is 0.336 e. The van der Waals surface area contributed by atoms with Crippen molar-refractivity contribution in [1.29, 1.82) is 0 Å². The maximum atomic E-state index is 12.6. The van der Waals surface area contributed by atoms with Gasteiger partial charge in [-0.1, -0.05) is 42.5 Å². The molecule has 0 saturated carbocycles. The summed E-state index contributed by atoms with van der Waals surface area (Å²) in [5.74, 6) is 0.791. The van der Waals surface area contributed by atoms with Crippen molar-refractivity contribution >= 4 is 23.9 Å². The van der Waals surface area contributed by atoms with Gasteiger partial charge in [0.2, 0.25) is 5.78 Å². The van der Waals surface area contributed by atoms with E-state index in [1.165, 1.54) is 12.1 Å². The molecule has 148 valence electrons. The van der Waals surface area contributed by atoms with Crippen molar-refractivity contribution in [3.63, 3.8) is 0 Å². The third-order valence-corrected chi connectivity index (χ3v) is 4.46. The van der Waals surface area contributed by atoms with Crippen molar-refractivity contribution < 1.29 is 23.8 Å². The van der Waals surface area contributed by atoms with Crippen LogP contribution in [0.2, 0.25) is 0 Å². The number of ketones is 1. The minimum Gasteiger partial charge on any atom is -0.497 e. The molecule has 5 nitrogen and oxygen atoms in total. The van der Waals surface area contributed by atoms with Gasteiger partial charge < -0.3 is 14.2 Å². The molecular weight excluding hydrogens is 380 g/mol. The molecule has 0 aliphatic carbocycles. The second kappa shape index (κ2) is 8.49. The minimum absolute atomic E-state index is 0.200. The molecule has 0 saturated heterocycles. The second-order valence-electron chi connectivity index (χ2n) is 6.54. The number of benzene rings is 3. The number of hydrogen-bond donors (Lipinski definition) is 0. The Morgan fingerprint density at radius 3 is 2.50 bits per heavy atom. The molecular formula is C25H18O5. The van der Waals surface area contributed by atoms with Crippen LogP contribution >= 0.6 is 0 Å². The van der Waals surface area contributed by atoms with Gasteiger partial charge in [0.15, 0.2) is 5.76 Å². The third kappa shape index (κ3) is 4.31. The van der Waals surface area contributed by atoms with Gasteiger partial charge >= 0.3 is 5.97 Å². The summed E-state index contributed by atoms with van der Waals surface area (Å²) in [6.45, 7) is 0. The van der Waals surface area contributed by atoms with E-state index in [2.05, 4.69) is 0 Å². The molecule has 0 unspecified atom stereocenters. The molecule has 1 aliphatic rings. The first-order valence-corrected chi connectivity index (χ1v) is 9.30. The Labute approximate surface area is 173 Å². The van der Waals surface area contributed by atoms with Crippen LogP contribution in [0.5, 0.6) is 17.2 Å². The molecule has 0 bridgehead atoms. The molecule has 30 heavy (non-hydrogen) atoms. The molecule has 4 rings (SSSR count). The Balaban J connectivity index is 1.48. The zero-order chi connectivity index (χ0) is 20.9. The lowest BCUT2D eigenvalue weighted by atomic mass is 10.1. The number of methoxy groups -OCH3 is 1. The standard InChI is InChI=1S/C25H18O5/c1-28-19-9-5-8-18(14-19)15-23-25(27)21-12-11-20(16-22(21)30-23)29-24(26)13-10-17-6-3-2-4-7-17/h2-16H,1H3/b13-10+,23-15-. The largest absolute Gasteiger partial charge is 0.497 e. The third-order valence-electron chi connectivity index (χ3n) is 4.46. The van der Waals surface area contributed by atoms with Crippen LogP contribution in [0.15, 0.2) is 84.6 Å². The molecule has 3 aromatic carbocycles. The van der Waals surface area contributed by atoms with Gasteiger partial charge in [0.05, 0.1) is 12.7 Å². The molecule has 1 heterocycles. The van der Waals surface area contributed by atoms with E-state index in [1.54, 1.807) is 37.5 Å². The van der Waals surface area contributed by atoms with Crippen LogP contribution in [-0.2, 0) is 4.79 Å². The first-order valence-electron chi connectivity index (χ1n) is 9.30. The van der Waals surface area contributed by atoms with Crippen LogP contribution in [0.25, 0.3) is 12.2 Å². The fraction of sp³-hybridized carbons (Fsp3) is 0.0400. The van der Waals surface area contributed by atoms with Crippen LogP contribution in [0.1, 0.15) is 21.5 Å². The van der Waals surface area contributed by atoms with Gasteiger partial charge in [0.1, 0.15) is 17.2 Å². The van der Waals surface area contributed by atoms with Crippen LogP contribution in [0.3, 0.4) is 0 Å². The normalized spacial score (nSPS) is 13.9. The number of Topliss-reactive ketones (excluding diaryl/α,β-unsaturated/α-hetero) is 1. The summed E-state index contributed by atoms with van der Waals surface area (Å²) >= 11 is 0. The lowest BCUT2D eigenvalue weighted by Gasteiger charge is -2.03. The fourth-order valence-corrected chi connectivity index (χ4v) is 2.99. The summed E-state index contributed by atoms with van der Waals surface area (Å²) in [6.07, 6.45) is 4.67. The number of hydrogen-bond acceptors (Lipinski definition) is 5. The van der Waals surface area contributed by atoms with E-state index in [0.717, 1.165) is 11.1 Å². The van der Waals surface area contributed by atoms with Gasteiger partial charge in [0, 0.05) is 12.1 Å². The van der Waals surface area contributed by atoms with E-state index >= 15 is 0 Å². The molecule has 5 heteroatoms. The van der Waals surface area contributed by atoms with E-state index in [0.29, 0.717) is 22.8 Å². The number of carbonyl (C=O) groups is 2. The van der Waals surface area contributed by atoms with E-state index in [1.807, 2.05) is 48.5 Å². The van der Waals surface area contributed by atoms with Gasteiger partial charge in [-0.05, 0) is 47.5 Å². The molecule has 3 aromatic rings. The number of ether oxygens (including phenoxy) is 3. The highest BCUT2D eigenvalue weighted by Gasteiger charge is 2.28. The maximum absolute atomic E-state index is 12.6. The number of rotatable bonds is 5. The number of fused-ring (bicyclic) bond motifs is 1. The van der Waals surface area contributed by atoms with Crippen LogP contribution in [0, 0.1) is 0 Å². The summed E-state index contributed by atoms with van der Waals surface area (Å²) in [5.41, 5.74) is 2.09. The molecule has 0 spiro atoms. The van der Waals surface area contributed by atoms with Crippen molar-refractivity contribution in [3.05, 3.63) is 101 Å². The monoisotopic (exact) mass is 398 g/mol. The lowest BCUT2D eigenvalue weighted by Crippen LogP contribution is -2.03. The van der Waals surface area contributed by atoms with Crippen molar-refractivity contribution in [2.24, 2.45) is 0 Å². The number of carbonyl (C=O) groups excluding carboxylic acids is 2. The first-order chi connectivity index (χ1) is 14.6. The Morgan fingerprint density at radius 2 is 1.70 bits per heavy atom. The van der Waals surface area contributed by atoms with Crippen molar-refractivity contribution in [2.75, 3.05) is 7.11 Å². The van der Waals surface area contributed by atoms with E-state index in [9.17, 15) is 9.59 Å². The SMILES string of the molecule is COc1cccc(/C=C2\Oc3cc(OC(=O)/C=C/c4ccccc4)ccc3C2=O)c1. The molecule has 0 atom stereocenters. The predicted molar refractivity (Wildman–Crippen MR) is 113 cm³/mol. The molecule has 1 aliphatic heterocycles.